The third-order valence-electron chi connectivity index (χ3n) is 5.36. The number of rotatable bonds is 6. The van der Waals surface area contributed by atoms with Gasteiger partial charge in [-0.15, -0.1) is 24.5 Å². The van der Waals surface area contributed by atoms with E-state index in [1.165, 1.54) is 18.3 Å². The Hall–Kier alpha value is -3.85. The quantitative estimate of drug-likeness (QED) is 0.320. The number of pyridine rings is 1. The monoisotopic (exact) mass is 561 g/mol. The zero-order valence-electron chi connectivity index (χ0n) is 19.4. The molecule has 1 unspecified atom stereocenters. The molecule has 0 spiro atoms. The lowest BCUT2D eigenvalue weighted by Crippen LogP contribution is -2.38. The summed E-state index contributed by atoms with van der Waals surface area (Å²) in [6, 6.07) is 6.28. The number of nitrogens with one attached hydrogen (secondary N) is 1. The van der Waals surface area contributed by atoms with Gasteiger partial charge in [0.2, 0.25) is 5.88 Å². The molecular formula is C23H17F6N3O5S. The second kappa shape index (κ2) is 9.79. The van der Waals surface area contributed by atoms with E-state index < -0.39 is 42.2 Å². The Balaban J connectivity index is 1.67. The topological polar surface area (TPSA) is 106 Å². The fourth-order valence-electron chi connectivity index (χ4n) is 3.61. The van der Waals surface area contributed by atoms with Gasteiger partial charge < -0.3 is 14.6 Å². The summed E-state index contributed by atoms with van der Waals surface area (Å²) in [6.45, 7) is 2.09. The van der Waals surface area contributed by atoms with Crippen molar-refractivity contribution in [3.63, 3.8) is 0 Å². The molecule has 15 heteroatoms. The summed E-state index contributed by atoms with van der Waals surface area (Å²) >= 11 is 0.887. The summed E-state index contributed by atoms with van der Waals surface area (Å²) in [5.41, 5.74) is -0.531. The molecule has 0 fully saturated rings. The molecule has 0 radical (unpaired) electrons. The van der Waals surface area contributed by atoms with Gasteiger partial charge in [-0.05, 0) is 49.7 Å². The van der Waals surface area contributed by atoms with Gasteiger partial charge in [-0.3, -0.25) is 14.3 Å². The van der Waals surface area contributed by atoms with E-state index in [-0.39, 0.29) is 21.8 Å². The predicted octanol–water partition coefficient (Wildman–Crippen LogP) is 5.04. The molecular weight excluding hydrogens is 544 g/mol. The lowest BCUT2D eigenvalue weighted by Gasteiger charge is -2.15. The third-order valence-corrected chi connectivity index (χ3v) is 6.73. The molecule has 0 saturated heterocycles. The van der Waals surface area contributed by atoms with Crippen LogP contribution in [0, 0.1) is 13.8 Å². The molecule has 0 aliphatic rings. The molecule has 2 N–H and O–H groups in total. The number of hydrogen-bond acceptors (Lipinski definition) is 7. The number of aromatic amines is 1. The lowest BCUT2D eigenvalue weighted by molar-refractivity contribution is -0.274. The number of ether oxygens (including phenoxy) is 2. The molecule has 1 atom stereocenters. The summed E-state index contributed by atoms with van der Waals surface area (Å²) in [5, 5.41) is 9.48. The number of nitrogens with zero attached hydrogens (tertiary/aromatic N) is 2. The molecule has 8 nitrogen and oxygen atoms in total. The van der Waals surface area contributed by atoms with Gasteiger partial charge >= 0.3 is 18.2 Å². The number of halogens is 6. The van der Waals surface area contributed by atoms with Gasteiger partial charge in [0.25, 0.3) is 5.56 Å². The van der Waals surface area contributed by atoms with Crippen LogP contribution in [-0.2, 0) is 6.54 Å². The summed E-state index contributed by atoms with van der Waals surface area (Å²) < 4.78 is 85.8. The molecule has 0 amide bonds. The summed E-state index contributed by atoms with van der Waals surface area (Å²) in [7, 11) is 0. The second-order valence-corrected chi connectivity index (χ2v) is 9.13. The van der Waals surface area contributed by atoms with Gasteiger partial charge in [0, 0.05) is 22.2 Å². The van der Waals surface area contributed by atoms with Crippen molar-refractivity contribution in [1.82, 2.24) is 14.5 Å². The Morgan fingerprint density at radius 1 is 1.08 bits per heavy atom. The van der Waals surface area contributed by atoms with Crippen LogP contribution in [-0.4, -0.2) is 38.3 Å². The first-order valence-corrected chi connectivity index (χ1v) is 11.5. The van der Waals surface area contributed by atoms with Crippen molar-refractivity contribution >= 4 is 21.6 Å². The van der Waals surface area contributed by atoms with E-state index in [0.29, 0.717) is 26.1 Å². The minimum atomic E-state index is -4.97. The highest BCUT2D eigenvalue weighted by Crippen LogP contribution is 2.38. The van der Waals surface area contributed by atoms with Crippen molar-refractivity contribution in [2.75, 3.05) is 0 Å². The number of fused-ring (bicyclic) bond motifs is 1. The van der Waals surface area contributed by atoms with Gasteiger partial charge in [-0.25, -0.2) is 9.78 Å². The first-order chi connectivity index (χ1) is 17.6. The van der Waals surface area contributed by atoms with E-state index in [0.717, 1.165) is 23.5 Å². The highest BCUT2D eigenvalue weighted by atomic mass is 32.1. The van der Waals surface area contributed by atoms with Crippen LogP contribution in [0.1, 0.15) is 11.1 Å². The SMILES string of the molecule is Cc1cc(-c2sc3c(c2C)c(=O)[nH]c(=O)n3CC(O)C(F)(F)F)cnc1Oc1ccc(OC(F)(F)F)cc1. The molecule has 0 aliphatic heterocycles. The highest BCUT2D eigenvalue weighted by Gasteiger charge is 2.39. The number of thiophene rings is 1. The van der Waals surface area contributed by atoms with E-state index in [9.17, 15) is 41.0 Å². The van der Waals surface area contributed by atoms with Gasteiger partial charge in [0.05, 0.1) is 11.9 Å². The number of aliphatic hydroxyl groups excluding tert-OH is 1. The Morgan fingerprint density at radius 2 is 1.71 bits per heavy atom. The standard InChI is InChI=1S/C23H17F6N3O5S/c1-10-7-12(8-30-19(10)36-13-3-5-14(6-4-13)37-23(27,28)29)17-11(2)16-18(34)31-21(35)32(20(16)38-17)9-15(33)22(24,25)26/h3-8,15,33H,9H2,1-2H3,(H,31,34,35). The zero-order chi connectivity index (χ0) is 28.0. The van der Waals surface area contributed by atoms with Crippen LogP contribution < -0.4 is 20.7 Å². The first-order valence-electron chi connectivity index (χ1n) is 10.7. The number of aryl methyl sites for hydroxylation is 2. The van der Waals surface area contributed by atoms with Crippen LogP contribution in [0.3, 0.4) is 0 Å². The first kappa shape index (κ1) is 27.2. The van der Waals surface area contributed by atoms with Crippen LogP contribution in [0.4, 0.5) is 26.3 Å². The van der Waals surface area contributed by atoms with Crippen LogP contribution in [0.25, 0.3) is 20.7 Å². The minimum absolute atomic E-state index is 0.00174. The number of aliphatic hydroxyl groups is 1. The Kier molecular flexibility index (Phi) is 7.01. The van der Waals surface area contributed by atoms with E-state index in [1.807, 2.05) is 4.98 Å². The fraction of sp³-hybridized carbons (Fsp3) is 0.261. The van der Waals surface area contributed by atoms with E-state index in [1.54, 1.807) is 19.9 Å². The Labute approximate surface area is 212 Å². The van der Waals surface area contributed by atoms with Crippen LogP contribution >= 0.6 is 11.3 Å². The maximum Gasteiger partial charge on any atom is 0.573 e. The average Bonchev–Trinajstić information content (AvgIpc) is 3.15. The molecule has 3 aromatic heterocycles. The number of hydrogen-bond donors (Lipinski definition) is 2. The second-order valence-electron chi connectivity index (χ2n) is 8.13. The van der Waals surface area contributed by atoms with Crippen LogP contribution in [0.15, 0.2) is 46.1 Å². The molecule has 38 heavy (non-hydrogen) atoms. The number of aromatic nitrogens is 3. The smallest absolute Gasteiger partial charge is 0.439 e. The maximum atomic E-state index is 12.9. The molecule has 202 valence electrons. The van der Waals surface area contributed by atoms with Gasteiger partial charge in [-0.1, -0.05) is 0 Å². The molecule has 3 heterocycles. The number of H-pyrrole nitrogens is 1. The largest absolute Gasteiger partial charge is 0.573 e. The summed E-state index contributed by atoms with van der Waals surface area (Å²) in [5.74, 6) is -0.124. The fourth-order valence-corrected chi connectivity index (χ4v) is 4.90. The van der Waals surface area contributed by atoms with Gasteiger partial charge in [0.15, 0.2) is 6.10 Å². The van der Waals surface area contributed by atoms with Crippen molar-refractivity contribution in [1.29, 1.82) is 0 Å². The van der Waals surface area contributed by atoms with Crippen molar-refractivity contribution in [2.45, 2.75) is 39.0 Å². The number of alkyl halides is 6. The molecule has 0 bridgehead atoms. The van der Waals surface area contributed by atoms with Crippen molar-refractivity contribution < 1.29 is 40.9 Å². The van der Waals surface area contributed by atoms with E-state index >= 15 is 0 Å². The zero-order valence-corrected chi connectivity index (χ0v) is 20.2. The highest BCUT2D eigenvalue weighted by molar-refractivity contribution is 7.22. The van der Waals surface area contributed by atoms with E-state index in [4.69, 9.17) is 4.74 Å². The van der Waals surface area contributed by atoms with Crippen molar-refractivity contribution in [2.24, 2.45) is 0 Å². The molecule has 0 aliphatic carbocycles. The van der Waals surface area contributed by atoms with Crippen molar-refractivity contribution in [3.05, 3.63) is 68.5 Å². The molecule has 4 aromatic rings. The summed E-state index contributed by atoms with van der Waals surface area (Å²) in [4.78, 5) is 31.3. The Bertz CT molecular complexity index is 1610. The van der Waals surface area contributed by atoms with Gasteiger partial charge in [-0.2, -0.15) is 13.2 Å². The van der Waals surface area contributed by atoms with Crippen LogP contribution in [0.5, 0.6) is 17.4 Å². The predicted molar refractivity (Wildman–Crippen MR) is 125 cm³/mol. The molecule has 1 aromatic carbocycles. The Morgan fingerprint density at radius 3 is 2.29 bits per heavy atom. The molecule has 0 saturated carbocycles. The number of benzene rings is 1. The van der Waals surface area contributed by atoms with E-state index in [2.05, 4.69) is 9.72 Å². The maximum absolute atomic E-state index is 12.9. The average molecular weight is 561 g/mol. The third kappa shape index (κ3) is 5.67. The lowest BCUT2D eigenvalue weighted by atomic mass is 10.1. The molecule has 4 rings (SSSR count). The summed E-state index contributed by atoms with van der Waals surface area (Å²) in [6.07, 6.45) is -11.3. The van der Waals surface area contributed by atoms with Crippen LogP contribution in [0.2, 0.25) is 0 Å². The normalized spacial score (nSPS) is 13.1. The minimum Gasteiger partial charge on any atom is -0.439 e. The van der Waals surface area contributed by atoms with Crippen molar-refractivity contribution in [3.8, 4) is 27.8 Å². The van der Waals surface area contributed by atoms with Gasteiger partial charge in [0.1, 0.15) is 16.3 Å².